The van der Waals surface area contributed by atoms with E-state index in [1.165, 1.54) is 17.8 Å². The lowest BCUT2D eigenvalue weighted by Gasteiger charge is -2.10. The number of para-hydroxylation sites is 1. The third-order valence-electron chi connectivity index (χ3n) is 3.36. The molecule has 3 rings (SSSR count). The zero-order chi connectivity index (χ0) is 15.7. The molecule has 0 radical (unpaired) electrons. The number of nitrogens with zero attached hydrogens (tertiary/aromatic N) is 2. The van der Waals surface area contributed by atoms with Crippen molar-refractivity contribution in [2.75, 3.05) is 6.54 Å². The summed E-state index contributed by atoms with van der Waals surface area (Å²) in [5.41, 5.74) is 1.19. The standard InChI is InChI=1S/C16H13FN2OS2/c1-2-18-15(20)14(22-16(18)21)10-11-6-5-9-19(11)13-8-4-3-7-12(13)17/h3-10H,2H2,1H3/b14-10-. The number of thiocarbonyl (C=S) groups is 1. The van der Waals surface area contributed by atoms with Crippen LogP contribution in [0.1, 0.15) is 12.6 Å². The Labute approximate surface area is 137 Å². The second-order valence-corrected chi connectivity index (χ2v) is 6.36. The summed E-state index contributed by atoms with van der Waals surface area (Å²) in [6, 6.07) is 10.2. The van der Waals surface area contributed by atoms with E-state index in [4.69, 9.17) is 12.2 Å². The van der Waals surface area contributed by atoms with Crippen LogP contribution in [-0.2, 0) is 4.79 Å². The first-order valence-corrected chi connectivity index (χ1v) is 8.02. The molecule has 1 amide bonds. The number of amides is 1. The molecular weight excluding hydrogens is 319 g/mol. The Morgan fingerprint density at radius 3 is 2.73 bits per heavy atom. The highest BCUT2D eigenvalue weighted by molar-refractivity contribution is 8.26. The van der Waals surface area contributed by atoms with Gasteiger partial charge in [-0.2, -0.15) is 0 Å². The van der Waals surface area contributed by atoms with E-state index in [1.807, 2.05) is 19.1 Å². The number of likely N-dealkylation sites (N-methyl/N-ethyl adjacent to an activating group) is 1. The van der Waals surface area contributed by atoms with Crippen molar-refractivity contribution >= 4 is 40.3 Å². The van der Waals surface area contributed by atoms with Crippen molar-refractivity contribution in [3.05, 3.63) is 59.0 Å². The number of aromatic nitrogens is 1. The third-order valence-corrected chi connectivity index (χ3v) is 4.74. The Bertz CT molecular complexity index is 782. The third kappa shape index (κ3) is 2.60. The largest absolute Gasteiger partial charge is 0.314 e. The smallest absolute Gasteiger partial charge is 0.266 e. The lowest BCUT2D eigenvalue weighted by atomic mass is 10.3. The number of carbonyl (C=O) groups excluding carboxylic acids is 1. The van der Waals surface area contributed by atoms with Crippen LogP contribution in [0.5, 0.6) is 0 Å². The summed E-state index contributed by atoms with van der Waals surface area (Å²) in [5.74, 6) is -0.409. The summed E-state index contributed by atoms with van der Waals surface area (Å²) in [7, 11) is 0. The van der Waals surface area contributed by atoms with E-state index in [0.29, 0.717) is 21.5 Å². The van der Waals surface area contributed by atoms with Crippen molar-refractivity contribution in [3.8, 4) is 5.69 Å². The first kappa shape index (κ1) is 15.0. The summed E-state index contributed by atoms with van der Waals surface area (Å²) in [5, 5.41) is 0. The van der Waals surface area contributed by atoms with Gasteiger partial charge in [-0.3, -0.25) is 9.69 Å². The van der Waals surface area contributed by atoms with Crippen LogP contribution in [0, 0.1) is 5.82 Å². The summed E-state index contributed by atoms with van der Waals surface area (Å²) >= 11 is 6.47. The highest BCUT2D eigenvalue weighted by Gasteiger charge is 2.30. The van der Waals surface area contributed by atoms with Gasteiger partial charge < -0.3 is 4.57 Å². The van der Waals surface area contributed by atoms with Gasteiger partial charge in [0.05, 0.1) is 10.6 Å². The van der Waals surface area contributed by atoms with Gasteiger partial charge in [0, 0.05) is 18.4 Å². The Morgan fingerprint density at radius 2 is 2.05 bits per heavy atom. The van der Waals surface area contributed by atoms with Crippen LogP contribution >= 0.6 is 24.0 Å². The summed E-state index contributed by atoms with van der Waals surface area (Å²) < 4.78 is 16.2. The molecule has 1 fully saturated rings. The Hall–Kier alpha value is -1.92. The van der Waals surface area contributed by atoms with Crippen molar-refractivity contribution in [2.45, 2.75) is 6.92 Å². The minimum absolute atomic E-state index is 0.0983. The average molecular weight is 332 g/mol. The second-order valence-electron chi connectivity index (χ2n) is 4.68. The molecule has 0 atom stereocenters. The maximum absolute atomic E-state index is 14.0. The molecule has 22 heavy (non-hydrogen) atoms. The zero-order valence-corrected chi connectivity index (χ0v) is 13.5. The van der Waals surface area contributed by atoms with Crippen molar-refractivity contribution in [2.24, 2.45) is 0 Å². The summed E-state index contributed by atoms with van der Waals surface area (Å²) in [6.45, 7) is 2.44. The summed E-state index contributed by atoms with van der Waals surface area (Å²) in [4.78, 5) is 14.4. The quantitative estimate of drug-likeness (QED) is 0.631. The van der Waals surface area contributed by atoms with E-state index in [0.717, 1.165) is 5.69 Å². The number of hydrogen-bond acceptors (Lipinski definition) is 3. The van der Waals surface area contributed by atoms with Gasteiger partial charge in [-0.25, -0.2) is 4.39 Å². The Balaban J connectivity index is 2.01. The maximum atomic E-state index is 14.0. The number of carbonyl (C=O) groups is 1. The normalized spacial score (nSPS) is 16.8. The second kappa shape index (κ2) is 6.06. The van der Waals surface area contributed by atoms with Crippen molar-refractivity contribution in [1.29, 1.82) is 0 Å². The fraction of sp³-hybridized carbons (Fsp3) is 0.125. The van der Waals surface area contributed by atoms with Crippen LogP contribution in [0.25, 0.3) is 11.8 Å². The molecule has 0 N–H and O–H groups in total. The SMILES string of the molecule is CCN1C(=O)/C(=C/c2cccn2-c2ccccc2F)SC1=S. The van der Waals surface area contributed by atoms with E-state index in [9.17, 15) is 9.18 Å². The molecule has 2 aromatic rings. The Morgan fingerprint density at radius 1 is 1.27 bits per heavy atom. The van der Waals surface area contributed by atoms with E-state index in [1.54, 1.807) is 39.9 Å². The minimum atomic E-state index is -0.311. The number of rotatable bonds is 3. The average Bonchev–Trinajstić information content (AvgIpc) is 3.05. The lowest BCUT2D eigenvalue weighted by molar-refractivity contribution is -0.121. The molecule has 1 aliphatic rings. The molecule has 0 spiro atoms. The molecule has 0 bridgehead atoms. The highest BCUT2D eigenvalue weighted by Crippen LogP contribution is 2.32. The summed E-state index contributed by atoms with van der Waals surface area (Å²) in [6.07, 6.45) is 3.52. The maximum Gasteiger partial charge on any atom is 0.266 e. The molecule has 1 aromatic carbocycles. The minimum Gasteiger partial charge on any atom is -0.314 e. The number of halogens is 1. The molecule has 1 saturated heterocycles. The van der Waals surface area contributed by atoms with Gasteiger partial charge in [0.2, 0.25) is 0 Å². The molecule has 2 heterocycles. The molecule has 1 aromatic heterocycles. The predicted molar refractivity (Wildman–Crippen MR) is 91.3 cm³/mol. The molecule has 112 valence electrons. The molecule has 6 heteroatoms. The van der Waals surface area contributed by atoms with Gasteiger partial charge in [0.15, 0.2) is 0 Å². The van der Waals surface area contributed by atoms with Gasteiger partial charge in [-0.1, -0.05) is 36.1 Å². The first-order valence-electron chi connectivity index (χ1n) is 6.79. The van der Waals surface area contributed by atoms with Crippen LogP contribution in [-0.4, -0.2) is 26.2 Å². The van der Waals surface area contributed by atoms with Crippen molar-refractivity contribution in [1.82, 2.24) is 9.47 Å². The van der Waals surface area contributed by atoms with Crippen LogP contribution in [0.3, 0.4) is 0 Å². The monoisotopic (exact) mass is 332 g/mol. The van der Waals surface area contributed by atoms with Gasteiger partial charge in [0.25, 0.3) is 5.91 Å². The first-order chi connectivity index (χ1) is 10.6. The van der Waals surface area contributed by atoms with E-state index < -0.39 is 0 Å². The molecule has 1 aliphatic heterocycles. The van der Waals surface area contributed by atoms with Gasteiger partial charge >= 0.3 is 0 Å². The molecule has 0 saturated carbocycles. The number of benzene rings is 1. The lowest BCUT2D eigenvalue weighted by Crippen LogP contribution is -2.27. The van der Waals surface area contributed by atoms with Crippen molar-refractivity contribution < 1.29 is 9.18 Å². The zero-order valence-electron chi connectivity index (χ0n) is 11.8. The molecule has 0 unspecified atom stereocenters. The molecule has 3 nitrogen and oxygen atoms in total. The number of thioether (sulfide) groups is 1. The van der Waals surface area contributed by atoms with Crippen LogP contribution in [0.2, 0.25) is 0 Å². The van der Waals surface area contributed by atoms with E-state index in [-0.39, 0.29) is 11.7 Å². The Kier molecular flexibility index (Phi) is 4.13. The van der Waals surface area contributed by atoms with Crippen LogP contribution < -0.4 is 0 Å². The van der Waals surface area contributed by atoms with Crippen molar-refractivity contribution in [3.63, 3.8) is 0 Å². The van der Waals surface area contributed by atoms with E-state index in [2.05, 4.69) is 0 Å². The fourth-order valence-electron chi connectivity index (χ4n) is 2.29. The van der Waals surface area contributed by atoms with Gasteiger partial charge in [-0.05, 0) is 37.3 Å². The van der Waals surface area contributed by atoms with E-state index >= 15 is 0 Å². The van der Waals surface area contributed by atoms with Gasteiger partial charge in [-0.15, -0.1) is 0 Å². The fourth-order valence-corrected chi connectivity index (χ4v) is 3.65. The van der Waals surface area contributed by atoms with Crippen LogP contribution in [0.15, 0.2) is 47.5 Å². The van der Waals surface area contributed by atoms with Crippen LogP contribution in [0.4, 0.5) is 4.39 Å². The van der Waals surface area contributed by atoms with Gasteiger partial charge in [0.1, 0.15) is 10.1 Å². The number of hydrogen-bond donors (Lipinski definition) is 0. The molecule has 0 aliphatic carbocycles. The molecular formula is C16H13FN2OS2. The topological polar surface area (TPSA) is 25.2 Å². The predicted octanol–water partition coefficient (Wildman–Crippen LogP) is 3.84. The highest BCUT2D eigenvalue weighted by atomic mass is 32.2.